The van der Waals surface area contributed by atoms with Gasteiger partial charge in [0, 0.05) is 6.54 Å². The zero-order valence-corrected chi connectivity index (χ0v) is 13.0. The van der Waals surface area contributed by atoms with E-state index < -0.39 is 16.0 Å². The van der Waals surface area contributed by atoms with Gasteiger partial charge >= 0.3 is 5.97 Å². The van der Waals surface area contributed by atoms with Gasteiger partial charge in [-0.2, -0.15) is 0 Å². The molecule has 2 aromatic rings. The molecular weight excluding hydrogens is 310 g/mol. The summed E-state index contributed by atoms with van der Waals surface area (Å²) >= 11 is 1.19. The molecule has 1 aromatic carbocycles. The van der Waals surface area contributed by atoms with Crippen LogP contribution in [0.4, 0.5) is 0 Å². The number of sulfonamides is 1. The van der Waals surface area contributed by atoms with E-state index in [0.717, 1.165) is 11.1 Å². The molecule has 2 rings (SSSR count). The van der Waals surface area contributed by atoms with Crippen molar-refractivity contribution in [3.8, 4) is 0 Å². The molecule has 1 heterocycles. The summed E-state index contributed by atoms with van der Waals surface area (Å²) in [5, 5.41) is 10.5. The summed E-state index contributed by atoms with van der Waals surface area (Å²) in [5.41, 5.74) is 1.83. The highest BCUT2D eigenvalue weighted by atomic mass is 32.2. The van der Waals surface area contributed by atoms with Crippen LogP contribution in [-0.2, 0) is 16.4 Å². The van der Waals surface area contributed by atoms with Gasteiger partial charge in [-0.15, -0.1) is 11.3 Å². The largest absolute Gasteiger partial charge is 0.478 e. The van der Waals surface area contributed by atoms with Crippen LogP contribution in [0.15, 0.2) is 39.9 Å². The lowest BCUT2D eigenvalue weighted by Crippen LogP contribution is -2.25. The molecule has 0 radical (unpaired) electrons. The van der Waals surface area contributed by atoms with Gasteiger partial charge in [-0.25, -0.2) is 17.9 Å². The average molecular weight is 325 g/mol. The zero-order chi connectivity index (χ0) is 15.5. The van der Waals surface area contributed by atoms with Crippen molar-refractivity contribution in [2.75, 3.05) is 6.54 Å². The second-order valence-electron chi connectivity index (χ2n) is 4.54. The van der Waals surface area contributed by atoms with Crippen molar-refractivity contribution in [1.29, 1.82) is 0 Å². The Balaban J connectivity index is 1.95. The molecule has 0 aliphatic rings. The van der Waals surface area contributed by atoms with Gasteiger partial charge in [-0.05, 0) is 48.1 Å². The first-order valence-electron chi connectivity index (χ1n) is 6.26. The minimum absolute atomic E-state index is 0.216. The number of rotatable bonds is 6. The highest BCUT2D eigenvalue weighted by Crippen LogP contribution is 2.21. The van der Waals surface area contributed by atoms with Crippen molar-refractivity contribution in [1.82, 2.24) is 4.72 Å². The summed E-state index contributed by atoms with van der Waals surface area (Å²) in [4.78, 5) is 10.7. The summed E-state index contributed by atoms with van der Waals surface area (Å²) in [5.74, 6) is -0.976. The van der Waals surface area contributed by atoms with Gasteiger partial charge < -0.3 is 5.11 Å². The van der Waals surface area contributed by atoms with Crippen LogP contribution in [-0.4, -0.2) is 26.0 Å². The standard InChI is InChI=1S/C14H15NO4S2/c1-10-7-9-20-14(10)21(18,19)15-8-6-11-2-4-12(5-3-11)13(16)17/h2-5,7,9,15H,6,8H2,1H3,(H,16,17). The Labute approximate surface area is 127 Å². The van der Waals surface area contributed by atoms with Crippen LogP contribution in [0.3, 0.4) is 0 Å². The van der Waals surface area contributed by atoms with Crippen molar-refractivity contribution < 1.29 is 18.3 Å². The second kappa shape index (κ2) is 6.38. The van der Waals surface area contributed by atoms with Gasteiger partial charge in [0.15, 0.2) is 0 Å². The number of benzene rings is 1. The minimum Gasteiger partial charge on any atom is -0.478 e. The highest BCUT2D eigenvalue weighted by Gasteiger charge is 2.17. The van der Waals surface area contributed by atoms with Gasteiger partial charge in [0.2, 0.25) is 10.0 Å². The van der Waals surface area contributed by atoms with Crippen LogP contribution >= 0.6 is 11.3 Å². The van der Waals surface area contributed by atoms with Crippen LogP contribution in [0.1, 0.15) is 21.5 Å². The first kappa shape index (κ1) is 15.7. The fourth-order valence-corrected chi connectivity index (χ4v) is 4.34. The molecule has 112 valence electrons. The fraction of sp³-hybridized carbons (Fsp3) is 0.214. The highest BCUT2D eigenvalue weighted by molar-refractivity contribution is 7.91. The molecule has 21 heavy (non-hydrogen) atoms. The Bertz CT molecular complexity index is 733. The molecule has 0 spiro atoms. The number of aryl methyl sites for hydroxylation is 1. The van der Waals surface area contributed by atoms with Crippen LogP contribution in [0, 0.1) is 6.92 Å². The normalized spacial score (nSPS) is 11.5. The van der Waals surface area contributed by atoms with Gasteiger partial charge in [0.05, 0.1) is 5.56 Å². The summed E-state index contributed by atoms with van der Waals surface area (Å²) in [7, 11) is -3.46. The number of carboxylic acids is 1. The van der Waals surface area contributed by atoms with E-state index in [2.05, 4.69) is 4.72 Å². The van der Waals surface area contributed by atoms with Gasteiger partial charge in [0.25, 0.3) is 0 Å². The van der Waals surface area contributed by atoms with Crippen molar-refractivity contribution in [3.05, 3.63) is 52.4 Å². The SMILES string of the molecule is Cc1ccsc1S(=O)(=O)NCCc1ccc(C(=O)O)cc1. The first-order valence-corrected chi connectivity index (χ1v) is 8.62. The summed E-state index contributed by atoms with van der Waals surface area (Å²) in [6.45, 7) is 2.03. The number of hydrogen-bond donors (Lipinski definition) is 2. The monoisotopic (exact) mass is 325 g/mol. The average Bonchev–Trinajstić information content (AvgIpc) is 2.86. The van der Waals surface area contributed by atoms with Crippen molar-refractivity contribution in [3.63, 3.8) is 0 Å². The van der Waals surface area contributed by atoms with Gasteiger partial charge in [0.1, 0.15) is 4.21 Å². The Kier molecular flexibility index (Phi) is 4.76. The Morgan fingerprint density at radius 2 is 1.90 bits per heavy atom. The van der Waals surface area contributed by atoms with E-state index in [1.54, 1.807) is 30.5 Å². The van der Waals surface area contributed by atoms with E-state index in [-0.39, 0.29) is 12.1 Å². The Morgan fingerprint density at radius 1 is 1.24 bits per heavy atom. The number of hydrogen-bond acceptors (Lipinski definition) is 4. The number of aromatic carboxylic acids is 1. The Hall–Kier alpha value is -1.70. The zero-order valence-electron chi connectivity index (χ0n) is 11.4. The smallest absolute Gasteiger partial charge is 0.335 e. The maximum Gasteiger partial charge on any atom is 0.335 e. The van der Waals surface area contributed by atoms with Crippen molar-refractivity contribution in [2.45, 2.75) is 17.6 Å². The predicted octanol–water partition coefficient (Wildman–Crippen LogP) is 2.28. The number of nitrogens with one attached hydrogen (secondary N) is 1. The molecule has 0 bridgehead atoms. The molecule has 7 heteroatoms. The lowest BCUT2D eigenvalue weighted by atomic mass is 10.1. The molecule has 0 aliphatic heterocycles. The third-order valence-corrected chi connectivity index (χ3v) is 6.12. The van der Waals surface area contributed by atoms with Crippen LogP contribution in [0.25, 0.3) is 0 Å². The molecule has 0 amide bonds. The minimum atomic E-state index is -3.46. The molecule has 2 N–H and O–H groups in total. The van der Waals surface area contributed by atoms with E-state index in [1.807, 2.05) is 0 Å². The maximum atomic E-state index is 12.1. The maximum absolute atomic E-state index is 12.1. The van der Waals surface area contributed by atoms with Crippen LogP contribution in [0.2, 0.25) is 0 Å². The van der Waals surface area contributed by atoms with Crippen molar-refractivity contribution in [2.24, 2.45) is 0 Å². The molecule has 0 fully saturated rings. The third kappa shape index (κ3) is 3.90. The molecule has 0 saturated carbocycles. The number of carboxylic acid groups (broad SMARTS) is 1. The summed E-state index contributed by atoms with van der Waals surface area (Å²) in [6.07, 6.45) is 0.504. The van der Waals surface area contributed by atoms with E-state index in [1.165, 1.54) is 23.5 Å². The molecule has 5 nitrogen and oxygen atoms in total. The second-order valence-corrected chi connectivity index (χ2v) is 7.42. The Morgan fingerprint density at radius 3 is 2.43 bits per heavy atom. The topological polar surface area (TPSA) is 83.5 Å². The predicted molar refractivity (Wildman–Crippen MR) is 81.3 cm³/mol. The van der Waals surface area contributed by atoms with E-state index in [4.69, 9.17) is 5.11 Å². The molecule has 1 aromatic heterocycles. The molecular formula is C14H15NO4S2. The van der Waals surface area contributed by atoms with E-state index >= 15 is 0 Å². The first-order chi connectivity index (χ1) is 9.90. The summed E-state index contributed by atoms with van der Waals surface area (Å²) in [6, 6.07) is 8.16. The van der Waals surface area contributed by atoms with E-state index in [0.29, 0.717) is 10.6 Å². The number of carbonyl (C=O) groups is 1. The van der Waals surface area contributed by atoms with Gasteiger partial charge in [-0.1, -0.05) is 12.1 Å². The van der Waals surface area contributed by atoms with E-state index in [9.17, 15) is 13.2 Å². The molecule has 0 saturated heterocycles. The lowest BCUT2D eigenvalue weighted by Gasteiger charge is -2.06. The molecule has 0 aliphatic carbocycles. The van der Waals surface area contributed by atoms with Crippen molar-refractivity contribution >= 4 is 27.3 Å². The third-order valence-electron chi connectivity index (χ3n) is 2.97. The molecule has 0 unspecified atom stereocenters. The quantitative estimate of drug-likeness (QED) is 0.853. The summed E-state index contributed by atoms with van der Waals surface area (Å²) < 4.78 is 27.0. The molecule has 0 atom stereocenters. The number of thiophene rings is 1. The fourth-order valence-electron chi connectivity index (χ4n) is 1.84. The lowest BCUT2D eigenvalue weighted by molar-refractivity contribution is 0.0697. The van der Waals surface area contributed by atoms with Crippen LogP contribution in [0.5, 0.6) is 0 Å². The van der Waals surface area contributed by atoms with Crippen LogP contribution < -0.4 is 4.72 Å². The van der Waals surface area contributed by atoms with Gasteiger partial charge in [-0.3, -0.25) is 0 Å².